The van der Waals surface area contributed by atoms with Crippen molar-refractivity contribution in [2.24, 2.45) is 35.0 Å². The largest absolute Gasteiger partial charge is 0.0986 e. The van der Waals surface area contributed by atoms with Gasteiger partial charge < -0.3 is 0 Å². The summed E-state index contributed by atoms with van der Waals surface area (Å²) < 4.78 is 0. The minimum absolute atomic E-state index is 0.287. The number of hydrogen-bond acceptors (Lipinski definition) is 0. The fourth-order valence-corrected chi connectivity index (χ4v) is 8.19. The fourth-order valence-electron chi connectivity index (χ4n) is 8.19. The van der Waals surface area contributed by atoms with Crippen LogP contribution in [0.15, 0.2) is 72.4 Å². The van der Waals surface area contributed by atoms with Gasteiger partial charge >= 0.3 is 0 Å². The lowest BCUT2D eigenvalue weighted by molar-refractivity contribution is 0.189. The summed E-state index contributed by atoms with van der Waals surface area (Å²) >= 11 is 0. The summed E-state index contributed by atoms with van der Waals surface area (Å²) in [5, 5.41) is 0. The molecule has 0 radical (unpaired) electrons. The summed E-state index contributed by atoms with van der Waals surface area (Å²) in [6.45, 7) is 25.6. The van der Waals surface area contributed by atoms with E-state index in [9.17, 15) is 0 Å². The van der Waals surface area contributed by atoms with Crippen molar-refractivity contribution in [1.82, 2.24) is 0 Å². The quantitative estimate of drug-likeness (QED) is 0.303. The van der Waals surface area contributed by atoms with Gasteiger partial charge in [-0.25, -0.2) is 0 Å². The summed E-state index contributed by atoms with van der Waals surface area (Å²) in [5.41, 5.74) is 14.7. The number of hydrogen-bond donors (Lipinski definition) is 0. The molecule has 3 aliphatic carbocycles. The van der Waals surface area contributed by atoms with E-state index in [1.165, 1.54) is 82.2 Å². The average molecular weight is 547 g/mol. The van der Waals surface area contributed by atoms with Crippen molar-refractivity contribution in [3.8, 4) is 11.1 Å². The second-order valence-electron chi connectivity index (χ2n) is 15.1. The highest BCUT2D eigenvalue weighted by Gasteiger charge is 2.31. The van der Waals surface area contributed by atoms with Crippen molar-refractivity contribution in [3.05, 3.63) is 100 Å². The van der Waals surface area contributed by atoms with Crippen LogP contribution in [0.2, 0.25) is 0 Å². The molecule has 0 spiro atoms. The van der Waals surface area contributed by atoms with Gasteiger partial charge in [0.2, 0.25) is 0 Å². The van der Waals surface area contributed by atoms with Crippen LogP contribution < -0.4 is 0 Å². The van der Waals surface area contributed by atoms with E-state index < -0.39 is 0 Å². The molecule has 1 saturated carbocycles. The number of allylic oxidation sites excluding steroid dienone is 5. The molecule has 2 aromatic carbocycles. The Kier molecular flexibility index (Phi) is 8.71. The molecule has 0 heterocycles. The van der Waals surface area contributed by atoms with E-state index in [0.717, 1.165) is 37.0 Å². The van der Waals surface area contributed by atoms with Crippen molar-refractivity contribution in [2.45, 2.75) is 99.8 Å². The maximum atomic E-state index is 4.63. The molecule has 0 saturated heterocycles. The number of fused-ring (bicyclic) bond motifs is 1. The van der Waals surface area contributed by atoms with Crippen LogP contribution in [0, 0.1) is 48.9 Å². The third kappa shape index (κ3) is 6.58. The third-order valence-corrected chi connectivity index (χ3v) is 10.6. The Labute approximate surface area is 251 Å². The first kappa shape index (κ1) is 29.9. The molecule has 3 unspecified atom stereocenters. The predicted molar refractivity (Wildman–Crippen MR) is 180 cm³/mol. The summed E-state index contributed by atoms with van der Waals surface area (Å²) in [6.07, 6.45) is 17.1. The summed E-state index contributed by atoms with van der Waals surface area (Å²) in [4.78, 5) is 0. The lowest BCUT2D eigenvalue weighted by Crippen LogP contribution is -2.24. The normalized spacial score (nSPS) is 26.3. The van der Waals surface area contributed by atoms with E-state index in [1.807, 2.05) is 0 Å². The van der Waals surface area contributed by atoms with Crippen molar-refractivity contribution < 1.29 is 0 Å². The van der Waals surface area contributed by atoms with Crippen molar-refractivity contribution in [1.29, 1.82) is 0 Å². The van der Waals surface area contributed by atoms with E-state index >= 15 is 0 Å². The Morgan fingerprint density at radius 3 is 2.46 bits per heavy atom. The van der Waals surface area contributed by atoms with Crippen molar-refractivity contribution in [2.75, 3.05) is 0 Å². The van der Waals surface area contributed by atoms with E-state index in [0.29, 0.717) is 11.8 Å². The zero-order chi connectivity index (χ0) is 29.5. The molecule has 5 atom stereocenters. The fraction of sp³-hybridized carbons (Fsp3) is 0.512. The molecule has 0 nitrogen and oxygen atoms in total. The zero-order valence-electron chi connectivity index (χ0n) is 27.1. The van der Waals surface area contributed by atoms with Gasteiger partial charge in [-0.05, 0) is 120 Å². The topological polar surface area (TPSA) is 0 Å². The highest BCUT2D eigenvalue weighted by molar-refractivity contribution is 5.80. The molecular formula is C41H54. The lowest BCUT2D eigenvalue weighted by Gasteiger charge is -2.35. The highest BCUT2D eigenvalue weighted by atomic mass is 14.4. The van der Waals surface area contributed by atoms with Gasteiger partial charge in [0.15, 0.2) is 0 Å². The minimum Gasteiger partial charge on any atom is -0.0986 e. The monoisotopic (exact) mass is 546 g/mol. The Morgan fingerprint density at radius 2 is 1.76 bits per heavy atom. The van der Waals surface area contributed by atoms with Gasteiger partial charge in [-0.3, -0.25) is 0 Å². The standard InChI is InChI=1S/C41H54/c1-10-31-15-17-33(28(4)20-31)24-38-29(5)18-26(2)19-40(38)36-13-11-12-34-21-32(23-39(34)36)22-37-27(3)14-16-35(30(37)6)25-41(7,8)9/h11-14,16,18-19,21,28,31,33,35,37H,3,6,10,15,17,20,22-25H2,1-2,4-5,7-9H3/t28-,31?,33-,35?,37?/m0/s1. The molecule has 0 N–H and O–H groups in total. The Morgan fingerprint density at radius 1 is 0.976 bits per heavy atom. The molecule has 0 heteroatoms. The first-order valence-corrected chi connectivity index (χ1v) is 16.4. The van der Waals surface area contributed by atoms with E-state index in [-0.39, 0.29) is 5.41 Å². The van der Waals surface area contributed by atoms with Gasteiger partial charge in [-0.2, -0.15) is 0 Å². The SMILES string of the molecule is C=C1C=CC(CC(C)(C)C)C(=C)C1CC1=Cc2cccc(-c3cc(C)cc(C)c3C[C@@H]3CCC(CC)C[C@@H]3C)c2C1. The van der Waals surface area contributed by atoms with Crippen LogP contribution in [0.4, 0.5) is 0 Å². The first-order valence-electron chi connectivity index (χ1n) is 16.4. The molecule has 0 aliphatic heterocycles. The van der Waals surface area contributed by atoms with Gasteiger partial charge in [-0.15, -0.1) is 0 Å². The summed E-state index contributed by atoms with van der Waals surface area (Å²) in [6, 6.07) is 11.9. The van der Waals surface area contributed by atoms with Gasteiger partial charge in [0.1, 0.15) is 0 Å². The van der Waals surface area contributed by atoms with Crippen LogP contribution in [0.5, 0.6) is 0 Å². The molecule has 3 aliphatic rings. The van der Waals surface area contributed by atoms with Crippen LogP contribution in [-0.4, -0.2) is 0 Å². The predicted octanol–water partition coefficient (Wildman–Crippen LogP) is 11.7. The van der Waals surface area contributed by atoms with Gasteiger partial charge in [0.05, 0.1) is 0 Å². The number of aryl methyl sites for hydroxylation is 2. The molecule has 0 aromatic heterocycles. The first-order chi connectivity index (χ1) is 19.4. The van der Waals surface area contributed by atoms with Crippen LogP contribution >= 0.6 is 0 Å². The van der Waals surface area contributed by atoms with Gasteiger partial charge in [0.25, 0.3) is 0 Å². The zero-order valence-corrected chi connectivity index (χ0v) is 27.1. The molecule has 1 fully saturated rings. The maximum Gasteiger partial charge on any atom is 0.00827 e. The number of rotatable bonds is 7. The van der Waals surface area contributed by atoms with E-state index in [1.54, 1.807) is 5.56 Å². The van der Waals surface area contributed by atoms with Crippen molar-refractivity contribution >= 4 is 6.08 Å². The molecule has 0 amide bonds. The lowest BCUT2D eigenvalue weighted by atomic mass is 9.71. The molecule has 218 valence electrons. The van der Waals surface area contributed by atoms with E-state index in [4.69, 9.17) is 0 Å². The molecule has 0 bridgehead atoms. The van der Waals surface area contributed by atoms with Crippen LogP contribution in [0.3, 0.4) is 0 Å². The van der Waals surface area contributed by atoms with Crippen molar-refractivity contribution in [3.63, 3.8) is 0 Å². The molecule has 5 rings (SSSR count). The minimum atomic E-state index is 0.287. The third-order valence-electron chi connectivity index (χ3n) is 10.6. The van der Waals surface area contributed by atoms with Gasteiger partial charge in [0, 0.05) is 5.92 Å². The highest BCUT2D eigenvalue weighted by Crippen LogP contribution is 2.45. The summed E-state index contributed by atoms with van der Waals surface area (Å²) in [5.74, 6) is 3.31. The Bertz CT molecular complexity index is 1370. The Balaban J connectivity index is 1.40. The smallest absolute Gasteiger partial charge is 0.00827 e. The average Bonchev–Trinajstić information content (AvgIpc) is 3.32. The second kappa shape index (κ2) is 11.9. The van der Waals surface area contributed by atoms with Crippen LogP contribution in [0.1, 0.15) is 101 Å². The van der Waals surface area contributed by atoms with Crippen LogP contribution in [0.25, 0.3) is 17.2 Å². The molecule has 2 aromatic rings. The van der Waals surface area contributed by atoms with Gasteiger partial charge in [-0.1, -0.05) is 126 Å². The van der Waals surface area contributed by atoms with E-state index in [2.05, 4.69) is 110 Å². The molecule has 41 heavy (non-hydrogen) atoms. The molecular weight excluding hydrogens is 492 g/mol. The number of benzene rings is 2. The van der Waals surface area contributed by atoms with Crippen LogP contribution in [-0.2, 0) is 12.8 Å². The summed E-state index contributed by atoms with van der Waals surface area (Å²) in [7, 11) is 0. The Hall–Kier alpha value is -2.60. The maximum absolute atomic E-state index is 4.63. The second-order valence-corrected chi connectivity index (χ2v) is 15.1.